The van der Waals surface area contributed by atoms with Crippen molar-refractivity contribution in [2.45, 2.75) is 37.5 Å². The first-order chi connectivity index (χ1) is 23.7. The maximum absolute atomic E-state index is 5.35. The molecule has 230 valence electrons. The molecule has 5 aliphatic carbocycles. The molecule has 12 rings (SSSR count). The molecule has 0 amide bonds. The lowest BCUT2D eigenvalue weighted by molar-refractivity contribution is -0.0398. The Balaban J connectivity index is 1.12. The third-order valence-electron chi connectivity index (χ3n) is 12.6. The average molecular weight is 617 g/mol. The van der Waals surface area contributed by atoms with Gasteiger partial charge in [-0.25, -0.2) is 9.97 Å². The summed E-state index contributed by atoms with van der Waals surface area (Å²) in [5.74, 6) is 3.32. The lowest BCUT2D eigenvalue weighted by atomic mass is 9.43. The summed E-state index contributed by atoms with van der Waals surface area (Å²) in [4.78, 5) is 10.6. The molecule has 7 aromatic rings. The van der Waals surface area contributed by atoms with Crippen LogP contribution in [0, 0.1) is 23.7 Å². The molecule has 0 radical (unpaired) electrons. The standard InChI is InChI=1S/C46H36N2/c1-2-8-30(9-3-1)31-14-16-32(17-15-31)44-45(48-43-13-7-6-12-42(43)47-44)35-18-19-40-38(26-35)39-25-33-10-4-5-11-34(33)27-41(39)46(40)36-21-28-20-29(23-36)24-37(46)22-28/h1-19,25-29,36-37H,20-24H2. The Morgan fingerprint density at radius 2 is 0.938 bits per heavy atom. The van der Waals surface area contributed by atoms with Crippen molar-refractivity contribution in [2.24, 2.45) is 23.7 Å². The molecule has 0 atom stereocenters. The Morgan fingerprint density at radius 3 is 1.62 bits per heavy atom. The van der Waals surface area contributed by atoms with Crippen molar-refractivity contribution in [1.29, 1.82) is 0 Å². The van der Waals surface area contributed by atoms with E-state index in [0.717, 1.165) is 57.2 Å². The van der Waals surface area contributed by atoms with Crippen molar-refractivity contribution in [3.8, 4) is 44.8 Å². The van der Waals surface area contributed by atoms with E-state index in [1.54, 1.807) is 11.1 Å². The number of fused-ring (bicyclic) bond motifs is 5. The second-order valence-electron chi connectivity index (χ2n) is 15.0. The zero-order chi connectivity index (χ0) is 31.4. The number of hydrogen-bond acceptors (Lipinski definition) is 2. The zero-order valence-corrected chi connectivity index (χ0v) is 26.9. The number of nitrogens with zero attached hydrogens (tertiary/aromatic N) is 2. The highest BCUT2D eigenvalue weighted by Gasteiger charge is 2.61. The van der Waals surface area contributed by atoms with Crippen LogP contribution in [0.1, 0.15) is 43.2 Å². The van der Waals surface area contributed by atoms with E-state index in [9.17, 15) is 0 Å². The Labute approximate surface area is 281 Å². The van der Waals surface area contributed by atoms with Crippen molar-refractivity contribution in [2.75, 3.05) is 0 Å². The normalized spacial score (nSPS) is 24.8. The fraction of sp³-hybridized carbons (Fsp3) is 0.217. The van der Waals surface area contributed by atoms with Gasteiger partial charge in [0.05, 0.1) is 22.4 Å². The number of hydrogen-bond donors (Lipinski definition) is 0. The minimum Gasteiger partial charge on any atom is -0.244 e. The molecular formula is C46H36N2. The second-order valence-corrected chi connectivity index (χ2v) is 15.0. The van der Waals surface area contributed by atoms with Crippen LogP contribution in [0.15, 0.2) is 133 Å². The van der Waals surface area contributed by atoms with Crippen LogP contribution >= 0.6 is 0 Å². The Morgan fingerprint density at radius 1 is 0.417 bits per heavy atom. The van der Waals surface area contributed by atoms with Gasteiger partial charge in [-0.3, -0.25) is 0 Å². The van der Waals surface area contributed by atoms with Crippen LogP contribution in [0.4, 0.5) is 0 Å². The molecule has 48 heavy (non-hydrogen) atoms. The highest BCUT2D eigenvalue weighted by atomic mass is 14.8. The Hall–Kier alpha value is -5.08. The van der Waals surface area contributed by atoms with Crippen molar-refractivity contribution in [3.63, 3.8) is 0 Å². The molecule has 1 spiro atoms. The maximum atomic E-state index is 5.35. The van der Waals surface area contributed by atoms with Crippen LogP contribution in [0.5, 0.6) is 0 Å². The van der Waals surface area contributed by atoms with Crippen LogP contribution in [0.3, 0.4) is 0 Å². The summed E-state index contributed by atoms with van der Waals surface area (Å²) in [7, 11) is 0. The van der Waals surface area contributed by atoms with Gasteiger partial charge >= 0.3 is 0 Å². The van der Waals surface area contributed by atoms with Crippen LogP contribution < -0.4 is 0 Å². The van der Waals surface area contributed by atoms with E-state index in [4.69, 9.17) is 9.97 Å². The molecule has 2 nitrogen and oxygen atoms in total. The SMILES string of the molecule is c1ccc(-c2ccc(-c3nc4ccccc4nc3-c3ccc4c(c3)-c3cc5ccccc5cc3C43C4CC5CC(C4)CC3C5)cc2)cc1. The highest BCUT2D eigenvalue weighted by molar-refractivity contribution is 5.96. The monoisotopic (exact) mass is 616 g/mol. The van der Waals surface area contributed by atoms with E-state index < -0.39 is 0 Å². The quantitative estimate of drug-likeness (QED) is 0.197. The van der Waals surface area contributed by atoms with Gasteiger partial charge in [0.1, 0.15) is 0 Å². The molecule has 0 unspecified atom stereocenters. The van der Waals surface area contributed by atoms with Gasteiger partial charge < -0.3 is 0 Å². The first kappa shape index (κ1) is 26.9. The van der Waals surface area contributed by atoms with E-state index in [-0.39, 0.29) is 5.41 Å². The van der Waals surface area contributed by atoms with Crippen molar-refractivity contribution in [1.82, 2.24) is 9.97 Å². The zero-order valence-electron chi connectivity index (χ0n) is 26.9. The fourth-order valence-electron chi connectivity index (χ4n) is 10.9. The van der Waals surface area contributed by atoms with Gasteiger partial charge in [0.15, 0.2) is 0 Å². The first-order valence-electron chi connectivity index (χ1n) is 17.8. The van der Waals surface area contributed by atoms with E-state index in [2.05, 4.69) is 133 Å². The number of para-hydroxylation sites is 2. The molecule has 5 aliphatic rings. The van der Waals surface area contributed by atoms with Crippen molar-refractivity contribution in [3.05, 3.63) is 145 Å². The third kappa shape index (κ3) is 3.75. The van der Waals surface area contributed by atoms with Gasteiger partial charge in [-0.15, -0.1) is 0 Å². The van der Waals surface area contributed by atoms with Gasteiger partial charge in [-0.2, -0.15) is 0 Å². The minimum absolute atomic E-state index is 0.131. The number of rotatable bonds is 3. The molecule has 1 heterocycles. The predicted octanol–water partition coefficient (Wildman–Crippen LogP) is 11.5. The molecule has 4 fully saturated rings. The van der Waals surface area contributed by atoms with Crippen LogP contribution in [-0.2, 0) is 5.41 Å². The molecule has 6 aromatic carbocycles. The summed E-state index contributed by atoms with van der Waals surface area (Å²) < 4.78 is 0. The molecular weight excluding hydrogens is 581 g/mol. The minimum atomic E-state index is 0.131. The predicted molar refractivity (Wildman–Crippen MR) is 197 cm³/mol. The van der Waals surface area contributed by atoms with Gasteiger partial charge in [0.25, 0.3) is 0 Å². The van der Waals surface area contributed by atoms with Gasteiger partial charge in [0.2, 0.25) is 0 Å². The molecule has 2 heteroatoms. The topological polar surface area (TPSA) is 25.8 Å². The van der Waals surface area contributed by atoms with Crippen molar-refractivity contribution < 1.29 is 0 Å². The van der Waals surface area contributed by atoms with Gasteiger partial charge in [-0.05, 0) is 130 Å². The molecule has 4 bridgehead atoms. The van der Waals surface area contributed by atoms with Crippen LogP contribution in [0.2, 0.25) is 0 Å². The number of aromatic nitrogens is 2. The molecule has 1 aromatic heterocycles. The highest BCUT2D eigenvalue weighted by Crippen LogP contribution is 2.69. The van der Waals surface area contributed by atoms with E-state index >= 15 is 0 Å². The van der Waals surface area contributed by atoms with Crippen LogP contribution in [-0.4, -0.2) is 9.97 Å². The second kappa shape index (κ2) is 9.97. The summed E-state index contributed by atoms with van der Waals surface area (Å²) in [5, 5.41) is 2.71. The molecule has 0 aliphatic heterocycles. The smallest absolute Gasteiger partial charge is 0.0973 e. The van der Waals surface area contributed by atoms with Gasteiger partial charge in [0, 0.05) is 16.5 Å². The summed E-state index contributed by atoms with van der Waals surface area (Å²) in [6.07, 6.45) is 7.02. The Kier molecular flexibility index (Phi) is 5.59. The summed E-state index contributed by atoms with van der Waals surface area (Å²) in [6.45, 7) is 0. The van der Waals surface area contributed by atoms with Crippen LogP contribution in [0.25, 0.3) is 66.6 Å². The largest absolute Gasteiger partial charge is 0.244 e. The van der Waals surface area contributed by atoms with Gasteiger partial charge in [-0.1, -0.05) is 103 Å². The first-order valence-corrected chi connectivity index (χ1v) is 17.8. The molecule has 4 saturated carbocycles. The lowest BCUT2D eigenvalue weighted by Gasteiger charge is -2.61. The average Bonchev–Trinajstić information content (AvgIpc) is 3.41. The maximum Gasteiger partial charge on any atom is 0.0973 e. The number of benzene rings is 6. The summed E-state index contributed by atoms with van der Waals surface area (Å²) in [6, 6.07) is 49.1. The van der Waals surface area contributed by atoms with E-state index in [0.29, 0.717) is 0 Å². The van der Waals surface area contributed by atoms with Crippen molar-refractivity contribution >= 4 is 21.8 Å². The third-order valence-corrected chi connectivity index (χ3v) is 12.6. The fourth-order valence-corrected chi connectivity index (χ4v) is 10.9. The summed E-state index contributed by atoms with van der Waals surface area (Å²) >= 11 is 0. The molecule has 0 saturated heterocycles. The summed E-state index contributed by atoms with van der Waals surface area (Å²) in [5.41, 5.74) is 14.6. The van der Waals surface area contributed by atoms with E-state index in [1.165, 1.54) is 65.1 Å². The molecule has 0 N–H and O–H groups in total. The lowest BCUT2D eigenvalue weighted by Crippen LogP contribution is -2.55. The Bertz CT molecular complexity index is 2380. The van der Waals surface area contributed by atoms with E-state index in [1.807, 2.05) is 0 Å².